The van der Waals surface area contributed by atoms with Crippen molar-refractivity contribution in [3.63, 3.8) is 0 Å². The van der Waals surface area contributed by atoms with E-state index in [2.05, 4.69) is 4.74 Å². The summed E-state index contributed by atoms with van der Waals surface area (Å²) in [5, 5.41) is 9.89. The molecule has 6 nitrogen and oxygen atoms in total. The van der Waals surface area contributed by atoms with E-state index in [9.17, 15) is 14.7 Å². The fraction of sp³-hybridized carbons (Fsp3) is 0.833. The normalized spacial score (nSPS) is 16.6. The summed E-state index contributed by atoms with van der Waals surface area (Å²) in [4.78, 5) is 23.4. The van der Waals surface area contributed by atoms with Gasteiger partial charge in [-0.3, -0.25) is 0 Å². The lowest BCUT2D eigenvalue weighted by Crippen LogP contribution is -2.52. The van der Waals surface area contributed by atoms with Crippen LogP contribution in [0.25, 0.3) is 0 Å². The van der Waals surface area contributed by atoms with Crippen LogP contribution in [0.5, 0.6) is 0 Å². The highest BCUT2D eigenvalue weighted by Crippen LogP contribution is 2.18. The van der Waals surface area contributed by atoms with E-state index in [4.69, 9.17) is 9.47 Å². The Hall–Kier alpha value is -1.14. The van der Waals surface area contributed by atoms with Crippen LogP contribution in [0.15, 0.2) is 0 Å². The van der Waals surface area contributed by atoms with Gasteiger partial charge >= 0.3 is 17.7 Å². The third-order valence-electron chi connectivity index (χ3n) is 2.13. The second-order valence-corrected chi connectivity index (χ2v) is 4.97. The van der Waals surface area contributed by atoms with Gasteiger partial charge in [0, 0.05) is 7.11 Å². The van der Waals surface area contributed by atoms with Crippen molar-refractivity contribution in [2.45, 2.75) is 58.5 Å². The van der Waals surface area contributed by atoms with Crippen LogP contribution >= 0.6 is 0 Å². The van der Waals surface area contributed by atoms with Gasteiger partial charge < -0.3 is 19.3 Å². The lowest BCUT2D eigenvalue weighted by atomic mass is 10.2. The minimum atomic E-state index is -2.73. The van der Waals surface area contributed by atoms with Gasteiger partial charge in [0.1, 0.15) is 5.60 Å². The van der Waals surface area contributed by atoms with Crippen molar-refractivity contribution in [1.82, 2.24) is 0 Å². The standard InChI is InChI=1S/C12H22O6/c1-7-8(2)17-9(13)12(15,16-6)10(14)18-11(3,4)5/h8,15H,7H2,1-6H3. The Bertz CT molecular complexity index is 306. The first-order chi connectivity index (χ1) is 8.06. The lowest BCUT2D eigenvalue weighted by Gasteiger charge is -2.28. The third kappa shape index (κ3) is 4.62. The molecule has 0 amide bonds. The summed E-state index contributed by atoms with van der Waals surface area (Å²) in [6.45, 7) is 8.28. The molecule has 0 saturated carbocycles. The van der Waals surface area contributed by atoms with Crippen molar-refractivity contribution in [3.05, 3.63) is 0 Å². The summed E-state index contributed by atoms with van der Waals surface area (Å²) in [6.07, 6.45) is 0.126. The average molecular weight is 262 g/mol. The first-order valence-corrected chi connectivity index (χ1v) is 5.79. The Morgan fingerprint density at radius 1 is 1.22 bits per heavy atom. The Labute approximate surface area is 107 Å². The highest BCUT2D eigenvalue weighted by atomic mass is 16.7. The predicted molar refractivity (Wildman–Crippen MR) is 63.6 cm³/mol. The summed E-state index contributed by atoms with van der Waals surface area (Å²) in [5.74, 6) is -5.09. The zero-order valence-electron chi connectivity index (χ0n) is 11.8. The van der Waals surface area contributed by atoms with Gasteiger partial charge in [0.15, 0.2) is 0 Å². The van der Waals surface area contributed by atoms with Gasteiger partial charge in [-0.15, -0.1) is 0 Å². The number of rotatable bonds is 5. The number of ether oxygens (including phenoxy) is 3. The van der Waals surface area contributed by atoms with Crippen LogP contribution in [-0.2, 0) is 23.8 Å². The van der Waals surface area contributed by atoms with Crippen molar-refractivity contribution >= 4 is 11.9 Å². The molecule has 2 atom stereocenters. The molecule has 106 valence electrons. The predicted octanol–water partition coefficient (Wildman–Crippen LogP) is 1.00. The molecule has 6 heteroatoms. The maximum atomic E-state index is 11.7. The fourth-order valence-electron chi connectivity index (χ4n) is 0.943. The zero-order chi connectivity index (χ0) is 14.6. The molecule has 18 heavy (non-hydrogen) atoms. The molecule has 0 aromatic heterocycles. The molecule has 0 saturated heterocycles. The second kappa shape index (κ2) is 6.15. The molecule has 0 aromatic rings. The van der Waals surface area contributed by atoms with Crippen LogP contribution in [0.3, 0.4) is 0 Å². The monoisotopic (exact) mass is 262 g/mol. The average Bonchev–Trinajstić information content (AvgIpc) is 2.24. The number of hydrogen-bond donors (Lipinski definition) is 1. The van der Waals surface area contributed by atoms with E-state index in [1.165, 1.54) is 0 Å². The first-order valence-electron chi connectivity index (χ1n) is 5.79. The van der Waals surface area contributed by atoms with Gasteiger partial charge in [0.05, 0.1) is 6.10 Å². The lowest BCUT2D eigenvalue weighted by molar-refractivity contribution is -0.239. The summed E-state index contributed by atoms with van der Waals surface area (Å²) >= 11 is 0. The number of esters is 2. The van der Waals surface area contributed by atoms with Crippen LogP contribution < -0.4 is 0 Å². The van der Waals surface area contributed by atoms with E-state index in [1.54, 1.807) is 34.6 Å². The summed E-state index contributed by atoms with van der Waals surface area (Å²) < 4.78 is 14.4. The topological polar surface area (TPSA) is 82.1 Å². The van der Waals surface area contributed by atoms with Crippen molar-refractivity contribution in [1.29, 1.82) is 0 Å². The van der Waals surface area contributed by atoms with E-state index in [0.717, 1.165) is 7.11 Å². The van der Waals surface area contributed by atoms with Gasteiger partial charge in [-0.2, -0.15) is 0 Å². The van der Waals surface area contributed by atoms with Crippen molar-refractivity contribution in [2.24, 2.45) is 0 Å². The van der Waals surface area contributed by atoms with Crippen LogP contribution in [0.1, 0.15) is 41.0 Å². The maximum absolute atomic E-state index is 11.7. The van der Waals surface area contributed by atoms with E-state index in [0.29, 0.717) is 6.42 Å². The molecular weight excluding hydrogens is 240 g/mol. The van der Waals surface area contributed by atoms with Gasteiger partial charge in [0.2, 0.25) is 0 Å². The second-order valence-electron chi connectivity index (χ2n) is 4.97. The van der Waals surface area contributed by atoms with Gasteiger partial charge in [0.25, 0.3) is 0 Å². The smallest absolute Gasteiger partial charge is 0.379 e. The molecule has 0 bridgehead atoms. The highest BCUT2D eigenvalue weighted by molar-refractivity contribution is 6.01. The number of carbonyl (C=O) groups excluding carboxylic acids is 2. The van der Waals surface area contributed by atoms with Crippen molar-refractivity contribution in [2.75, 3.05) is 7.11 Å². The van der Waals surface area contributed by atoms with E-state index in [-0.39, 0.29) is 0 Å². The quantitative estimate of drug-likeness (QED) is 0.452. The van der Waals surface area contributed by atoms with E-state index >= 15 is 0 Å². The van der Waals surface area contributed by atoms with E-state index in [1.807, 2.05) is 0 Å². The van der Waals surface area contributed by atoms with Gasteiger partial charge in [-0.25, -0.2) is 9.59 Å². The molecule has 0 heterocycles. The number of hydrogen-bond acceptors (Lipinski definition) is 6. The number of carbonyl (C=O) groups is 2. The molecule has 1 N–H and O–H groups in total. The molecule has 2 unspecified atom stereocenters. The molecule has 0 aliphatic carbocycles. The maximum Gasteiger partial charge on any atom is 0.379 e. The Kier molecular flexibility index (Phi) is 5.76. The number of methoxy groups -OCH3 is 1. The summed E-state index contributed by atoms with van der Waals surface area (Å²) in [5.41, 5.74) is -0.847. The third-order valence-corrected chi connectivity index (χ3v) is 2.13. The van der Waals surface area contributed by atoms with E-state index < -0.39 is 29.4 Å². The molecular formula is C12H22O6. The minimum absolute atomic E-state index is 0.429. The van der Waals surface area contributed by atoms with Crippen LogP contribution in [0, 0.1) is 0 Å². The summed E-state index contributed by atoms with van der Waals surface area (Å²) in [6, 6.07) is 0. The molecule has 0 spiro atoms. The van der Waals surface area contributed by atoms with Gasteiger partial charge in [-0.1, -0.05) is 6.92 Å². The zero-order valence-corrected chi connectivity index (χ0v) is 11.8. The molecule has 0 aromatic carbocycles. The number of aliphatic hydroxyl groups is 1. The SMILES string of the molecule is CCC(C)OC(=O)C(O)(OC)C(=O)OC(C)(C)C. The van der Waals surface area contributed by atoms with Gasteiger partial charge in [-0.05, 0) is 34.1 Å². The Morgan fingerprint density at radius 2 is 1.72 bits per heavy atom. The molecule has 0 aliphatic rings. The molecule has 0 rings (SSSR count). The van der Waals surface area contributed by atoms with Crippen molar-refractivity contribution < 1.29 is 28.9 Å². The Balaban J connectivity index is 4.89. The fourth-order valence-corrected chi connectivity index (χ4v) is 0.943. The van der Waals surface area contributed by atoms with Crippen LogP contribution in [-0.4, -0.2) is 41.6 Å². The highest BCUT2D eigenvalue weighted by Gasteiger charge is 2.50. The molecule has 0 radical (unpaired) electrons. The van der Waals surface area contributed by atoms with Crippen LogP contribution in [0.2, 0.25) is 0 Å². The van der Waals surface area contributed by atoms with Crippen molar-refractivity contribution in [3.8, 4) is 0 Å². The largest absolute Gasteiger partial charge is 0.458 e. The molecule has 0 aliphatic heterocycles. The molecule has 0 fully saturated rings. The minimum Gasteiger partial charge on any atom is -0.458 e. The first kappa shape index (κ1) is 16.9. The van der Waals surface area contributed by atoms with Crippen LogP contribution in [0.4, 0.5) is 0 Å². The Morgan fingerprint density at radius 3 is 2.06 bits per heavy atom. The summed E-state index contributed by atoms with van der Waals surface area (Å²) in [7, 11) is 1.03.